The van der Waals surface area contributed by atoms with Crippen LogP contribution in [0.25, 0.3) is 0 Å². The quantitative estimate of drug-likeness (QED) is 0.271. The molecular formula is C18H38+. The van der Waals surface area contributed by atoms with Gasteiger partial charge < -0.3 is 0 Å². The molecule has 0 aromatic rings. The fourth-order valence-electron chi connectivity index (χ4n) is 2.54. The van der Waals surface area contributed by atoms with Gasteiger partial charge in [-0.05, 0) is 6.42 Å². The Morgan fingerprint density at radius 1 is 0.556 bits per heavy atom. The van der Waals surface area contributed by atoms with E-state index in [4.69, 9.17) is 0 Å². The smallest absolute Gasteiger partial charge is 0.0654 e. The van der Waals surface area contributed by atoms with Crippen LogP contribution in [0.1, 0.15) is 112 Å². The zero-order valence-corrected chi connectivity index (χ0v) is 13.2. The van der Waals surface area contributed by atoms with Crippen molar-refractivity contribution < 1.29 is 1.43 Å². The summed E-state index contributed by atoms with van der Waals surface area (Å²) in [6.07, 6.45) is 24.0. The lowest BCUT2D eigenvalue weighted by Gasteiger charge is -2.02. The van der Waals surface area contributed by atoms with Crippen LogP contribution in [-0.2, 0) is 0 Å². The summed E-state index contributed by atoms with van der Waals surface area (Å²) in [5, 5.41) is 0. The Morgan fingerprint density at radius 3 is 1.22 bits per heavy atom. The Bertz CT molecular complexity index is 118. The van der Waals surface area contributed by atoms with E-state index in [1.807, 2.05) is 0 Å². The van der Waals surface area contributed by atoms with Gasteiger partial charge in [-0.2, -0.15) is 0 Å². The van der Waals surface area contributed by atoms with Crippen LogP contribution in [0.15, 0.2) is 0 Å². The lowest BCUT2D eigenvalue weighted by atomic mass is 10.0. The van der Waals surface area contributed by atoms with Crippen LogP contribution >= 0.6 is 0 Å². The second kappa shape index (κ2) is 17.0. The van der Waals surface area contributed by atoms with Crippen LogP contribution in [-0.4, -0.2) is 0 Å². The minimum atomic E-state index is 0. The maximum Gasteiger partial charge on any atom is 1.00 e. The van der Waals surface area contributed by atoms with Crippen molar-refractivity contribution in [3.05, 3.63) is 6.42 Å². The maximum absolute atomic E-state index is 2.29. The zero-order valence-electron chi connectivity index (χ0n) is 14.2. The highest BCUT2D eigenvalue weighted by Gasteiger charge is 1.93. The molecule has 0 aliphatic rings. The molecule has 0 fully saturated rings. The van der Waals surface area contributed by atoms with Gasteiger partial charge in [0.25, 0.3) is 0 Å². The molecule has 0 saturated carbocycles. The molecule has 0 saturated heterocycles. The highest BCUT2D eigenvalue weighted by atomic mass is 14.0. The molecule has 0 aliphatic carbocycles. The van der Waals surface area contributed by atoms with Crippen molar-refractivity contribution in [1.29, 1.82) is 0 Å². The fourth-order valence-corrected chi connectivity index (χ4v) is 2.54. The van der Waals surface area contributed by atoms with E-state index in [9.17, 15) is 0 Å². The first-order chi connectivity index (χ1) is 8.91. The summed E-state index contributed by atoms with van der Waals surface area (Å²) in [7, 11) is 0. The molecule has 18 heavy (non-hydrogen) atoms. The normalized spacial score (nSPS) is 11.0. The van der Waals surface area contributed by atoms with E-state index in [-0.39, 0.29) is 1.43 Å². The van der Waals surface area contributed by atoms with E-state index < -0.39 is 0 Å². The predicted octanol–water partition coefficient (Wildman–Crippen LogP) is 7.19. The van der Waals surface area contributed by atoms with Gasteiger partial charge in [-0.1, -0.05) is 110 Å². The molecule has 0 amide bonds. The van der Waals surface area contributed by atoms with Gasteiger partial charge in [-0.15, -0.1) is 0 Å². The third-order valence-corrected chi connectivity index (χ3v) is 3.85. The summed E-state index contributed by atoms with van der Waals surface area (Å²) in [5.41, 5.74) is 0. The molecule has 1 radical (unpaired) electrons. The molecular weight excluding hydrogens is 216 g/mol. The van der Waals surface area contributed by atoms with Crippen molar-refractivity contribution >= 4 is 0 Å². The molecule has 109 valence electrons. The van der Waals surface area contributed by atoms with Crippen LogP contribution in [0.5, 0.6) is 0 Å². The number of rotatable bonds is 15. The van der Waals surface area contributed by atoms with Crippen molar-refractivity contribution in [2.45, 2.75) is 110 Å². The molecule has 0 rings (SSSR count). The van der Waals surface area contributed by atoms with Crippen molar-refractivity contribution in [3.63, 3.8) is 0 Å². The Balaban J connectivity index is 0. The largest absolute Gasteiger partial charge is 1.00 e. The molecule has 0 aliphatic heterocycles. The molecule has 0 bridgehead atoms. The van der Waals surface area contributed by atoms with Gasteiger partial charge >= 0.3 is 1.43 Å². The minimum absolute atomic E-state index is 0. The standard InChI is InChI=1S/C18H37/c1-3-5-7-9-11-13-15-17-18-16-14-12-10-8-6-4-2/h3H,4-18H2,1-2H3/p+1. The number of unbranched alkanes of at least 4 members (excludes halogenated alkanes) is 15. The average molecular weight is 255 g/mol. The summed E-state index contributed by atoms with van der Waals surface area (Å²) < 4.78 is 0. The van der Waals surface area contributed by atoms with E-state index >= 15 is 0 Å². The van der Waals surface area contributed by atoms with E-state index in [0.717, 1.165) is 0 Å². The highest BCUT2D eigenvalue weighted by Crippen LogP contribution is 2.13. The summed E-state index contributed by atoms with van der Waals surface area (Å²) in [6, 6.07) is 0. The third-order valence-electron chi connectivity index (χ3n) is 3.85. The molecule has 0 aromatic carbocycles. The van der Waals surface area contributed by atoms with Gasteiger partial charge in [-0.25, -0.2) is 0 Å². The molecule has 0 nitrogen and oxygen atoms in total. The molecule has 0 aromatic heterocycles. The maximum atomic E-state index is 2.29. The van der Waals surface area contributed by atoms with Gasteiger partial charge in [0.05, 0.1) is 0 Å². The molecule has 0 unspecified atom stereocenters. The first kappa shape index (κ1) is 18.0. The Morgan fingerprint density at radius 2 is 0.889 bits per heavy atom. The fraction of sp³-hybridized carbons (Fsp3) is 0.944. The first-order valence-electron chi connectivity index (χ1n) is 8.69. The van der Waals surface area contributed by atoms with Gasteiger partial charge in [0.1, 0.15) is 0 Å². The first-order valence-corrected chi connectivity index (χ1v) is 8.69. The molecule has 0 spiro atoms. The van der Waals surface area contributed by atoms with Gasteiger partial charge in [0, 0.05) is 0 Å². The van der Waals surface area contributed by atoms with Crippen LogP contribution < -0.4 is 0 Å². The summed E-state index contributed by atoms with van der Waals surface area (Å²) in [6.45, 7) is 4.46. The van der Waals surface area contributed by atoms with Crippen molar-refractivity contribution in [3.8, 4) is 0 Å². The molecule has 0 N–H and O–H groups in total. The van der Waals surface area contributed by atoms with Crippen molar-refractivity contribution in [1.82, 2.24) is 0 Å². The Kier molecular flexibility index (Phi) is 17.0. The van der Waals surface area contributed by atoms with Gasteiger partial charge in [0.2, 0.25) is 0 Å². The molecule has 0 heterocycles. The Hall–Kier alpha value is 0. The minimum Gasteiger partial charge on any atom is -0.0654 e. The summed E-state index contributed by atoms with van der Waals surface area (Å²) in [5.74, 6) is 0. The van der Waals surface area contributed by atoms with Crippen LogP contribution in [0.4, 0.5) is 0 Å². The van der Waals surface area contributed by atoms with Crippen LogP contribution in [0.3, 0.4) is 0 Å². The van der Waals surface area contributed by atoms with E-state index in [0.29, 0.717) is 0 Å². The topological polar surface area (TPSA) is 0 Å². The number of hydrogen-bond acceptors (Lipinski definition) is 0. The third kappa shape index (κ3) is 16.0. The second-order valence-electron chi connectivity index (χ2n) is 5.79. The second-order valence-corrected chi connectivity index (χ2v) is 5.79. The van der Waals surface area contributed by atoms with E-state index in [1.54, 1.807) is 0 Å². The van der Waals surface area contributed by atoms with E-state index in [2.05, 4.69) is 20.3 Å². The van der Waals surface area contributed by atoms with Crippen molar-refractivity contribution in [2.75, 3.05) is 0 Å². The number of hydrogen-bond donors (Lipinski definition) is 0. The lowest BCUT2D eigenvalue weighted by molar-refractivity contribution is 0.535. The van der Waals surface area contributed by atoms with E-state index in [1.165, 1.54) is 96.3 Å². The summed E-state index contributed by atoms with van der Waals surface area (Å²) in [4.78, 5) is 0. The van der Waals surface area contributed by atoms with Crippen molar-refractivity contribution in [2.24, 2.45) is 0 Å². The highest BCUT2D eigenvalue weighted by molar-refractivity contribution is 4.55. The lowest BCUT2D eigenvalue weighted by Crippen LogP contribution is -1.83. The van der Waals surface area contributed by atoms with Crippen LogP contribution in [0, 0.1) is 6.42 Å². The average Bonchev–Trinajstić information content (AvgIpc) is 2.39. The van der Waals surface area contributed by atoms with Gasteiger partial charge in [-0.3, -0.25) is 0 Å². The SMILES string of the molecule is C[CH]CCCCCCCCCCCCCCCC.[H+]. The monoisotopic (exact) mass is 254 g/mol. The summed E-state index contributed by atoms with van der Waals surface area (Å²) >= 11 is 0. The van der Waals surface area contributed by atoms with Gasteiger partial charge in [0.15, 0.2) is 0 Å². The Labute approximate surface area is 118 Å². The molecule has 0 heteroatoms. The molecule has 0 atom stereocenters. The predicted molar refractivity (Wildman–Crippen MR) is 86.0 cm³/mol. The zero-order chi connectivity index (χ0) is 13.3. The van der Waals surface area contributed by atoms with Crippen LogP contribution in [0.2, 0.25) is 0 Å².